The van der Waals surface area contributed by atoms with Gasteiger partial charge in [0.1, 0.15) is 12.9 Å². The first-order valence-electron chi connectivity index (χ1n) is 10.9. The van der Waals surface area contributed by atoms with E-state index in [1.54, 1.807) is 19.3 Å². The topological polar surface area (TPSA) is 92.0 Å². The molecular formula is C24H29N5O3. The highest BCUT2D eigenvalue weighted by atomic mass is 16.5. The van der Waals surface area contributed by atoms with E-state index in [0.29, 0.717) is 30.0 Å². The average molecular weight is 436 g/mol. The molecule has 4 rings (SSSR count). The molecular weight excluding hydrogens is 406 g/mol. The molecule has 3 aromatic rings. The third kappa shape index (κ3) is 4.81. The van der Waals surface area contributed by atoms with Crippen LogP contribution >= 0.6 is 0 Å². The molecule has 0 amide bonds. The van der Waals surface area contributed by atoms with Gasteiger partial charge in [0.05, 0.1) is 22.3 Å². The van der Waals surface area contributed by atoms with Crippen LogP contribution in [0, 0.1) is 0 Å². The molecule has 0 saturated carbocycles. The van der Waals surface area contributed by atoms with E-state index in [1.165, 1.54) is 0 Å². The van der Waals surface area contributed by atoms with Crippen LogP contribution in [0.2, 0.25) is 0 Å². The van der Waals surface area contributed by atoms with Crippen molar-refractivity contribution in [2.45, 2.75) is 32.9 Å². The van der Waals surface area contributed by atoms with Crippen LogP contribution in [0.5, 0.6) is 0 Å². The SMILES string of the molecule is CC(=NO)c1ccc2c(c1)ncn2-c1cccc(C(=O)OCCN2CC(C)NC(C)C2)c1. The zero-order valence-electron chi connectivity index (χ0n) is 18.7. The third-order valence-corrected chi connectivity index (χ3v) is 5.75. The summed E-state index contributed by atoms with van der Waals surface area (Å²) in [6, 6.07) is 13.9. The maximum atomic E-state index is 12.6. The molecule has 8 heteroatoms. The van der Waals surface area contributed by atoms with E-state index < -0.39 is 0 Å². The van der Waals surface area contributed by atoms with Crippen molar-refractivity contribution in [1.29, 1.82) is 0 Å². The molecule has 2 aromatic carbocycles. The lowest BCUT2D eigenvalue weighted by Gasteiger charge is -2.35. The first kappa shape index (κ1) is 22.0. The van der Waals surface area contributed by atoms with Crippen LogP contribution in [0.4, 0.5) is 0 Å². The molecule has 1 saturated heterocycles. The molecule has 8 nitrogen and oxygen atoms in total. The Balaban J connectivity index is 1.44. The minimum Gasteiger partial charge on any atom is -0.461 e. The lowest BCUT2D eigenvalue weighted by Crippen LogP contribution is -2.54. The molecule has 0 radical (unpaired) electrons. The number of ether oxygens (including phenoxy) is 1. The highest BCUT2D eigenvalue weighted by Crippen LogP contribution is 2.21. The van der Waals surface area contributed by atoms with Gasteiger partial charge in [-0.1, -0.05) is 17.3 Å². The number of carbonyl (C=O) groups excluding carboxylic acids is 1. The van der Waals surface area contributed by atoms with Gasteiger partial charge in [0, 0.05) is 43.0 Å². The molecule has 2 unspecified atom stereocenters. The van der Waals surface area contributed by atoms with Crippen molar-refractivity contribution in [3.8, 4) is 5.69 Å². The summed E-state index contributed by atoms with van der Waals surface area (Å²) in [7, 11) is 0. The van der Waals surface area contributed by atoms with E-state index in [-0.39, 0.29) is 5.97 Å². The molecule has 2 atom stereocenters. The summed E-state index contributed by atoms with van der Waals surface area (Å²) in [5, 5.41) is 15.7. The van der Waals surface area contributed by atoms with Gasteiger partial charge in [-0.3, -0.25) is 9.47 Å². The second kappa shape index (κ2) is 9.50. The number of rotatable bonds is 6. The fourth-order valence-corrected chi connectivity index (χ4v) is 4.26. The number of aromatic nitrogens is 2. The van der Waals surface area contributed by atoms with Crippen LogP contribution in [-0.2, 0) is 4.74 Å². The van der Waals surface area contributed by atoms with Gasteiger partial charge < -0.3 is 15.3 Å². The number of fused-ring (bicyclic) bond motifs is 1. The zero-order chi connectivity index (χ0) is 22.7. The van der Waals surface area contributed by atoms with Crippen LogP contribution in [0.25, 0.3) is 16.7 Å². The van der Waals surface area contributed by atoms with E-state index >= 15 is 0 Å². The van der Waals surface area contributed by atoms with Crippen LogP contribution in [0.3, 0.4) is 0 Å². The third-order valence-electron chi connectivity index (χ3n) is 5.75. The average Bonchev–Trinajstić information content (AvgIpc) is 3.21. The summed E-state index contributed by atoms with van der Waals surface area (Å²) >= 11 is 0. The fourth-order valence-electron chi connectivity index (χ4n) is 4.26. The monoisotopic (exact) mass is 435 g/mol. The van der Waals surface area contributed by atoms with Gasteiger partial charge in [0.15, 0.2) is 0 Å². The van der Waals surface area contributed by atoms with Crippen molar-refractivity contribution >= 4 is 22.7 Å². The molecule has 0 aliphatic carbocycles. The quantitative estimate of drug-likeness (QED) is 0.268. The Morgan fingerprint density at radius 3 is 2.72 bits per heavy atom. The number of benzene rings is 2. The smallest absolute Gasteiger partial charge is 0.338 e. The van der Waals surface area contributed by atoms with Crippen molar-refractivity contribution in [2.75, 3.05) is 26.2 Å². The Morgan fingerprint density at radius 1 is 1.19 bits per heavy atom. The fraction of sp³-hybridized carbons (Fsp3) is 0.375. The predicted molar refractivity (Wildman–Crippen MR) is 124 cm³/mol. The highest BCUT2D eigenvalue weighted by molar-refractivity contribution is 6.00. The largest absolute Gasteiger partial charge is 0.461 e. The maximum Gasteiger partial charge on any atom is 0.338 e. The van der Waals surface area contributed by atoms with E-state index in [1.807, 2.05) is 41.0 Å². The van der Waals surface area contributed by atoms with Gasteiger partial charge in [0.25, 0.3) is 0 Å². The molecule has 1 aromatic heterocycles. The lowest BCUT2D eigenvalue weighted by atomic mass is 10.1. The summed E-state index contributed by atoms with van der Waals surface area (Å²) in [6.07, 6.45) is 1.72. The van der Waals surface area contributed by atoms with Gasteiger partial charge in [-0.2, -0.15) is 0 Å². The summed E-state index contributed by atoms with van der Waals surface area (Å²) in [5.74, 6) is -0.329. The zero-order valence-corrected chi connectivity index (χ0v) is 18.7. The summed E-state index contributed by atoms with van der Waals surface area (Å²) in [4.78, 5) is 19.4. The Hall–Kier alpha value is -3.23. The lowest BCUT2D eigenvalue weighted by molar-refractivity contribution is 0.0436. The Kier molecular flexibility index (Phi) is 6.53. The number of esters is 1. The number of piperazine rings is 1. The Morgan fingerprint density at radius 2 is 1.97 bits per heavy atom. The maximum absolute atomic E-state index is 12.6. The number of nitrogens with one attached hydrogen (secondary N) is 1. The van der Waals surface area contributed by atoms with Gasteiger partial charge >= 0.3 is 5.97 Å². The minimum absolute atomic E-state index is 0.329. The van der Waals surface area contributed by atoms with Crippen LogP contribution in [0.15, 0.2) is 53.9 Å². The number of imidazole rings is 1. The number of hydrogen-bond donors (Lipinski definition) is 2. The number of hydrogen-bond acceptors (Lipinski definition) is 7. The molecule has 2 N–H and O–H groups in total. The van der Waals surface area contributed by atoms with Gasteiger partial charge in [-0.15, -0.1) is 0 Å². The van der Waals surface area contributed by atoms with Gasteiger partial charge in [0.2, 0.25) is 0 Å². The minimum atomic E-state index is -0.329. The second-order valence-corrected chi connectivity index (χ2v) is 8.42. The highest BCUT2D eigenvalue weighted by Gasteiger charge is 2.21. The number of carbonyl (C=O) groups is 1. The molecule has 32 heavy (non-hydrogen) atoms. The van der Waals surface area contributed by atoms with Crippen molar-refractivity contribution in [3.63, 3.8) is 0 Å². The van der Waals surface area contributed by atoms with Crippen molar-refractivity contribution in [3.05, 3.63) is 59.9 Å². The summed E-state index contributed by atoms with van der Waals surface area (Å²) in [6.45, 7) is 9.08. The first-order valence-corrected chi connectivity index (χ1v) is 10.9. The predicted octanol–water partition coefficient (Wildman–Crippen LogP) is 3.06. The van der Waals surface area contributed by atoms with Crippen LogP contribution in [0.1, 0.15) is 36.7 Å². The molecule has 1 aliphatic rings. The number of oxime groups is 1. The molecule has 0 spiro atoms. The second-order valence-electron chi connectivity index (χ2n) is 8.42. The van der Waals surface area contributed by atoms with Crippen LogP contribution < -0.4 is 5.32 Å². The van der Waals surface area contributed by atoms with E-state index in [4.69, 9.17) is 9.94 Å². The Bertz CT molecular complexity index is 1130. The normalized spacial score (nSPS) is 19.9. The van der Waals surface area contributed by atoms with E-state index in [9.17, 15) is 4.79 Å². The van der Waals surface area contributed by atoms with E-state index in [2.05, 4.69) is 34.2 Å². The summed E-state index contributed by atoms with van der Waals surface area (Å²) < 4.78 is 7.47. The number of nitrogens with zero attached hydrogens (tertiary/aromatic N) is 4. The molecule has 168 valence electrons. The molecule has 1 aliphatic heterocycles. The Labute approximate surface area is 187 Å². The molecule has 2 heterocycles. The van der Waals surface area contributed by atoms with Crippen molar-refractivity contribution in [1.82, 2.24) is 19.8 Å². The molecule has 0 bridgehead atoms. The van der Waals surface area contributed by atoms with Crippen molar-refractivity contribution < 1.29 is 14.7 Å². The summed E-state index contributed by atoms with van der Waals surface area (Å²) in [5.41, 5.74) is 4.33. The van der Waals surface area contributed by atoms with Gasteiger partial charge in [-0.25, -0.2) is 9.78 Å². The standard InChI is InChI=1S/C24H29N5O3/c1-16-13-28(14-17(2)26-16)9-10-32-24(30)20-5-4-6-21(11-20)29-15-25-22-12-19(18(3)27-31)7-8-23(22)29/h4-8,11-12,15-17,26,31H,9-10,13-14H2,1-3H3. The van der Waals surface area contributed by atoms with Crippen LogP contribution in [-0.4, -0.2) is 69.7 Å². The first-order chi connectivity index (χ1) is 15.4. The van der Waals surface area contributed by atoms with Crippen molar-refractivity contribution in [2.24, 2.45) is 5.16 Å². The molecule has 1 fully saturated rings. The van der Waals surface area contributed by atoms with E-state index in [0.717, 1.165) is 41.9 Å². The van der Waals surface area contributed by atoms with Gasteiger partial charge in [-0.05, 0) is 51.1 Å².